The number of halogens is 1. The van der Waals surface area contributed by atoms with Gasteiger partial charge in [-0.1, -0.05) is 11.6 Å². The second-order valence-corrected chi connectivity index (χ2v) is 6.65. The largest absolute Gasteiger partial charge is 0.396 e. The van der Waals surface area contributed by atoms with Gasteiger partial charge in [0.2, 0.25) is 10.0 Å². The summed E-state index contributed by atoms with van der Waals surface area (Å²) in [6, 6.07) is 1.47. The Labute approximate surface area is 111 Å². The summed E-state index contributed by atoms with van der Waals surface area (Å²) in [4.78, 5) is 3.86. The van der Waals surface area contributed by atoms with Gasteiger partial charge < -0.3 is 5.11 Å². The van der Waals surface area contributed by atoms with Crippen LogP contribution in [0.2, 0.25) is 5.02 Å². The number of rotatable bonds is 4. The smallest absolute Gasteiger partial charge is 0.246 e. The standard InChI is InChI=1S/C11H15ClN2O3S/c12-10-1-4-13-7-11(10)18(16,17)14-5-2-9(8-14)3-6-15/h1,4,7,9,15H,2-3,5-6,8H2. The van der Waals surface area contributed by atoms with Crippen LogP contribution in [0, 0.1) is 5.92 Å². The van der Waals surface area contributed by atoms with Crippen molar-refractivity contribution >= 4 is 21.6 Å². The van der Waals surface area contributed by atoms with Crippen molar-refractivity contribution in [3.63, 3.8) is 0 Å². The van der Waals surface area contributed by atoms with Crippen LogP contribution in [0.1, 0.15) is 12.8 Å². The topological polar surface area (TPSA) is 70.5 Å². The average Bonchev–Trinajstić information content (AvgIpc) is 2.79. The second kappa shape index (κ2) is 5.52. The Morgan fingerprint density at radius 3 is 3.00 bits per heavy atom. The summed E-state index contributed by atoms with van der Waals surface area (Å²) in [5.74, 6) is 0.222. The third-order valence-corrected chi connectivity index (χ3v) is 5.47. The molecule has 1 unspecified atom stereocenters. The Kier molecular flexibility index (Phi) is 4.21. The molecular formula is C11H15ClN2O3S. The van der Waals surface area contributed by atoms with E-state index in [0.717, 1.165) is 6.42 Å². The molecule has 0 aromatic carbocycles. The van der Waals surface area contributed by atoms with E-state index >= 15 is 0 Å². The van der Waals surface area contributed by atoms with Crippen LogP contribution in [0.5, 0.6) is 0 Å². The van der Waals surface area contributed by atoms with E-state index in [4.69, 9.17) is 16.7 Å². The van der Waals surface area contributed by atoms with Crippen LogP contribution in [0.4, 0.5) is 0 Å². The predicted molar refractivity (Wildman–Crippen MR) is 67.8 cm³/mol. The molecule has 1 N–H and O–H groups in total. The molecule has 0 amide bonds. The summed E-state index contributed by atoms with van der Waals surface area (Å²) in [5, 5.41) is 9.07. The van der Waals surface area contributed by atoms with Gasteiger partial charge in [-0.25, -0.2) is 8.42 Å². The molecule has 7 heteroatoms. The highest BCUT2D eigenvalue weighted by molar-refractivity contribution is 7.89. The van der Waals surface area contributed by atoms with E-state index in [1.54, 1.807) is 0 Å². The number of hydrogen-bond acceptors (Lipinski definition) is 4. The molecule has 1 fully saturated rings. The van der Waals surface area contributed by atoms with Gasteiger partial charge in [-0.2, -0.15) is 4.31 Å². The van der Waals surface area contributed by atoms with Gasteiger partial charge in [0, 0.05) is 32.1 Å². The van der Waals surface area contributed by atoms with E-state index in [-0.39, 0.29) is 22.4 Å². The summed E-state index contributed by atoms with van der Waals surface area (Å²) >= 11 is 5.90. The van der Waals surface area contributed by atoms with Crippen molar-refractivity contribution in [2.45, 2.75) is 17.7 Å². The minimum absolute atomic E-state index is 0.0521. The lowest BCUT2D eigenvalue weighted by molar-refractivity contribution is 0.259. The van der Waals surface area contributed by atoms with Crippen LogP contribution >= 0.6 is 11.6 Å². The van der Waals surface area contributed by atoms with Crippen molar-refractivity contribution in [2.75, 3.05) is 19.7 Å². The van der Waals surface area contributed by atoms with Gasteiger partial charge in [0.25, 0.3) is 0 Å². The molecule has 1 aliphatic rings. The van der Waals surface area contributed by atoms with Gasteiger partial charge in [0.15, 0.2) is 0 Å². The van der Waals surface area contributed by atoms with E-state index < -0.39 is 10.0 Å². The summed E-state index contributed by atoms with van der Waals surface area (Å²) in [7, 11) is -3.56. The number of hydrogen-bond donors (Lipinski definition) is 1. The molecule has 0 bridgehead atoms. The highest BCUT2D eigenvalue weighted by Crippen LogP contribution is 2.28. The number of sulfonamides is 1. The van der Waals surface area contributed by atoms with Gasteiger partial charge >= 0.3 is 0 Å². The van der Waals surface area contributed by atoms with Crippen molar-refractivity contribution in [2.24, 2.45) is 5.92 Å². The molecule has 1 atom stereocenters. The summed E-state index contributed by atoms with van der Waals surface area (Å²) in [6.45, 7) is 0.999. The van der Waals surface area contributed by atoms with Gasteiger partial charge in [-0.15, -0.1) is 0 Å². The first-order valence-corrected chi connectivity index (χ1v) is 7.58. The molecule has 0 saturated carbocycles. The molecule has 1 aromatic rings. The fourth-order valence-corrected chi connectivity index (χ4v) is 4.06. The third-order valence-electron chi connectivity index (χ3n) is 3.14. The minimum atomic E-state index is -3.56. The zero-order valence-corrected chi connectivity index (χ0v) is 11.4. The summed E-state index contributed by atoms with van der Waals surface area (Å²) in [6.07, 6.45) is 4.14. The maximum absolute atomic E-state index is 12.3. The molecule has 2 rings (SSSR count). The Morgan fingerprint density at radius 2 is 2.33 bits per heavy atom. The highest BCUT2D eigenvalue weighted by Gasteiger charge is 2.33. The van der Waals surface area contributed by atoms with Gasteiger partial charge in [0.1, 0.15) is 4.90 Å². The predicted octanol–water partition coefficient (Wildman–Crippen LogP) is 1.13. The van der Waals surface area contributed by atoms with Gasteiger partial charge in [-0.3, -0.25) is 4.98 Å². The van der Waals surface area contributed by atoms with Gasteiger partial charge in [-0.05, 0) is 24.8 Å². The maximum Gasteiger partial charge on any atom is 0.246 e. The quantitative estimate of drug-likeness (QED) is 0.902. The fourth-order valence-electron chi connectivity index (χ4n) is 2.13. The summed E-state index contributed by atoms with van der Waals surface area (Å²) in [5.41, 5.74) is 0. The Morgan fingerprint density at radius 1 is 1.56 bits per heavy atom. The molecule has 0 spiro atoms. The van der Waals surface area contributed by atoms with Crippen molar-refractivity contribution < 1.29 is 13.5 Å². The molecule has 1 saturated heterocycles. The zero-order chi connectivity index (χ0) is 13.2. The Bertz CT molecular complexity index is 521. The van der Waals surface area contributed by atoms with Crippen molar-refractivity contribution in [1.82, 2.24) is 9.29 Å². The second-order valence-electron chi connectivity index (χ2n) is 4.34. The summed E-state index contributed by atoms with van der Waals surface area (Å²) < 4.78 is 26.1. The van der Waals surface area contributed by atoms with Crippen LogP contribution in [0.3, 0.4) is 0 Å². The lowest BCUT2D eigenvalue weighted by Gasteiger charge is -2.16. The number of pyridine rings is 1. The Balaban J connectivity index is 2.21. The number of aliphatic hydroxyl groups is 1. The molecule has 2 heterocycles. The van der Waals surface area contributed by atoms with E-state index in [2.05, 4.69) is 4.98 Å². The van der Waals surface area contributed by atoms with Crippen molar-refractivity contribution in [1.29, 1.82) is 0 Å². The third kappa shape index (κ3) is 2.66. The van der Waals surface area contributed by atoms with Crippen LogP contribution in [-0.2, 0) is 10.0 Å². The van der Waals surface area contributed by atoms with Crippen molar-refractivity contribution in [3.8, 4) is 0 Å². The molecular weight excluding hydrogens is 276 g/mol. The normalized spacial score (nSPS) is 21.3. The van der Waals surface area contributed by atoms with Gasteiger partial charge in [0.05, 0.1) is 5.02 Å². The monoisotopic (exact) mass is 290 g/mol. The van der Waals surface area contributed by atoms with Crippen molar-refractivity contribution in [3.05, 3.63) is 23.5 Å². The number of aliphatic hydroxyl groups excluding tert-OH is 1. The SMILES string of the molecule is O=S(=O)(c1cnccc1Cl)N1CCC(CCO)C1. The molecule has 1 aliphatic heterocycles. The molecule has 100 valence electrons. The molecule has 18 heavy (non-hydrogen) atoms. The zero-order valence-electron chi connectivity index (χ0n) is 9.79. The maximum atomic E-state index is 12.3. The van der Waals surface area contributed by atoms with E-state index in [9.17, 15) is 8.42 Å². The van der Waals surface area contributed by atoms with E-state index in [1.807, 2.05) is 0 Å². The molecule has 5 nitrogen and oxygen atoms in total. The van der Waals surface area contributed by atoms with E-state index in [0.29, 0.717) is 19.5 Å². The first-order chi connectivity index (χ1) is 8.55. The van der Waals surface area contributed by atoms with Crippen LogP contribution in [0.25, 0.3) is 0 Å². The first kappa shape index (κ1) is 13.7. The number of nitrogens with zero attached hydrogens (tertiary/aromatic N) is 2. The number of aromatic nitrogens is 1. The molecule has 0 aliphatic carbocycles. The van der Waals surface area contributed by atoms with Crippen LogP contribution in [0.15, 0.2) is 23.4 Å². The van der Waals surface area contributed by atoms with Crippen LogP contribution < -0.4 is 0 Å². The lowest BCUT2D eigenvalue weighted by atomic mass is 10.1. The lowest BCUT2D eigenvalue weighted by Crippen LogP contribution is -2.29. The Hall–Kier alpha value is -0.690. The minimum Gasteiger partial charge on any atom is -0.396 e. The molecule has 0 radical (unpaired) electrons. The average molecular weight is 291 g/mol. The fraction of sp³-hybridized carbons (Fsp3) is 0.545. The molecule has 1 aromatic heterocycles. The van der Waals surface area contributed by atoms with E-state index in [1.165, 1.54) is 22.8 Å². The highest BCUT2D eigenvalue weighted by atomic mass is 35.5. The van der Waals surface area contributed by atoms with Crippen LogP contribution in [-0.4, -0.2) is 42.5 Å². The first-order valence-electron chi connectivity index (χ1n) is 5.76.